The standard InChI is InChI=1S/C15H20N4O2/c1-18(2)8-7-17-15(21)10-9-19(3)12-6-4-5-11(16)13(12)14(10)20/h4-6,9H,7-8,16H2,1-3H3,(H,17,21). The molecule has 0 fully saturated rings. The maximum Gasteiger partial charge on any atom is 0.256 e. The summed E-state index contributed by atoms with van der Waals surface area (Å²) in [5, 5.41) is 3.14. The highest BCUT2D eigenvalue weighted by molar-refractivity contribution is 6.00. The average molecular weight is 288 g/mol. The summed E-state index contributed by atoms with van der Waals surface area (Å²) in [5.41, 5.74) is 6.76. The SMILES string of the molecule is CN(C)CCNC(=O)c1cn(C)c2cccc(N)c2c1=O. The van der Waals surface area contributed by atoms with Crippen LogP contribution in [-0.2, 0) is 7.05 Å². The molecule has 0 radical (unpaired) electrons. The third-order valence-electron chi connectivity index (χ3n) is 3.34. The highest BCUT2D eigenvalue weighted by atomic mass is 16.2. The Morgan fingerprint density at radius 1 is 1.38 bits per heavy atom. The Bertz CT molecular complexity index is 734. The van der Waals surface area contributed by atoms with Gasteiger partial charge in [-0.3, -0.25) is 9.59 Å². The number of benzene rings is 1. The second-order valence-electron chi connectivity index (χ2n) is 5.28. The van der Waals surface area contributed by atoms with Gasteiger partial charge in [-0.05, 0) is 26.2 Å². The first kappa shape index (κ1) is 15.1. The molecule has 2 rings (SSSR count). The lowest BCUT2D eigenvalue weighted by atomic mass is 10.1. The van der Waals surface area contributed by atoms with E-state index in [2.05, 4.69) is 5.32 Å². The van der Waals surface area contributed by atoms with Crippen LogP contribution in [-0.4, -0.2) is 42.6 Å². The lowest BCUT2D eigenvalue weighted by Crippen LogP contribution is -2.34. The van der Waals surface area contributed by atoms with Crippen molar-refractivity contribution < 1.29 is 4.79 Å². The number of pyridine rings is 1. The first-order valence-corrected chi connectivity index (χ1v) is 6.72. The largest absolute Gasteiger partial charge is 0.398 e. The number of anilines is 1. The first-order valence-electron chi connectivity index (χ1n) is 6.72. The number of carbonyl (C=O) groups is 1. The second kappa shape index (κ2) is 5.97. The summed E-state index contributed by atoms with van der Waals surface area (Å²) >= 11 is 0. The molecule has 6 heteroatoms. The fraction of sp³-hybridized carbons (Fsp3) is 0.333. The van der Waals surface area contributed by atoms with Gasteiger partial charge in [-0.2, -0.15) is 0 Å². The van der Waals surface area contributed by atoms with Gasteiger partial charge in [0.25, 0.3) is 5.91 Å². The van der Waals surface area contributed by atoms with Crippen LogP contribution < -0.4 is 16.5 Å². The second-order valence-corrected chi connectivity index (χ2v) is 5.28. The Morgan fingerprint density at radius 3 is 2.76 bits per heavy atom. The maximum atomic E-state index is 12.5. The van der Waals surface area contributed by atoms with E-state index in [0.717, 1.165) is 0 Å². The van der Waals surface area contributed by atoms with Crippen molar-refractivity contribution in [1.82, 2.24) is 14.8 Å². The van der Waals surface area contributed by atoms with Crippen LogP contribution in [0.3, 0.4) is 0 Å². The predicted octanol–water partition coefficient (Wildman–Crippen LogP) is 0.412. The molecule has 0 atom stereocenters. The Hall–Kier alpha value is -2.34. The summed E-state index contributed by atoms with van der Waals surface area (Å²) in [7, 11) is 5.63. The van der Waals surface area contributed by atoms with Crippen LogP contribution in [0.1, 0.15) is 10.4 Å². The van der Waals surface area contributed by atoms with Crippen molar-refractivity contribution in [2.24, 2.45) is 7.05 Å². The minimum Gasteiger partial charge on any atom is -0.398 e. The van der Waals surface area contributed by atoms with Gasteiger partial charge in [0.1, 0.15) is 5.56 Å². The molecule has 3 N–H and O–H groups in total. The Balaban J connectivity index is 2.41. The van der Waals surface area contributed by atoms with Crippen LogP contribution in [0.5, 0.6) is 0 Å². The molecule has 0 spiro atoms. The van der Waals surface area contributed by atoms with Crippen molar-refractivity contribution in [2.75, 3.05) is 32.9 Å². The van der Waals surface area contributed by atoms with Crippen molar-refractivity contribution in [2.45, 2.75) is 0 Å². The highest BCUT2D eigenvalue weighted by Crippen LogP contribution is 2.17. The van der Waals surface area contributed by atoms with Crippen molar-refractivity contribution in [3.63, 3.8) is 0 Å². The molecule has 1 aromatic heterocycles. The summed E-state index contributed by atoms with van der Waals surface area (Å²) in [6.07, 6.45) is 1.55. The van der Waals surface area contributed by atoms with Gasteiger partial charge >= 0.3 is 0 Å². The third-order valence-corrected chi connectivity index (χ3v) is 3.34. The number of fused-ring (bicyclic) bond motifs is 1. The van der Waals surface area contributed by atoms with E-state index < -0.39 is 0 Å². The molecule has 0 aliphatic heterocycles. The fourth-order valence-corrected chi connectivity index (χ4v) is 2.21. The van der Waals surface area contributed by atoms with Crippen molar-refractivity contribution in [3.05, 3.63) is 40.2 Å². The number of nitrogens with one attached hydrogen (secondary N) is 1. The molecule has 0 bridgehead atoms. The number of nitrogens with two attached hydrogens (primary N) is 1. The van der Waals surface area contributed by atoms with Gasteiger partial charge in [0.2, 0.25) is 5.43 Å². The molecule has 2 aromatic rings. The monoisotopic (exact) mass is 288 g/mol. The number of nitrogens with zero attached hydrogens (tertiary/aromatic N) is 2. The molecule has 21 heavy (non-hydrogen) atoms. The summed E-state index contributed by atoms with van der Waals surface area (Å²) < 4.78 is 1.74. The molecule has 0 saturated carbocycles. The van der Waals surface area contributed by atoms with Gasteiger partial charge in [0, 0.05) is 32.0 Å². The number of likely N-dealkylation sites (N-methyl/N-ethyl adjacent to an activating group) is 1. The van der Waals surface area contributed by atoms with E-state index in [-0.39, 0.29) is 16.9 Å². The third kappa shape index (κ3) is 3.05. The minimum absolute atomic E-state index is 0.113. The van der Waals surface area contributed by atoms with E-state index in [4.69, 9.17) is 5.73 Å². The topological polar surface area (TPSA) is 80.4 Å². The number of nitrogen functional groups attached to an aromatic ring is 1. The van der Waals surface area contributed by atoms with E-state index in [9.17, 15) is 9.59 Å². The molecule has 1 aromatic carbocycles. The molecule has 1 heterocycles. The zero-order chi connectivity index (χ0) is 15.6. The summed E-state index contributed by atoms with van der Waals surface area (Å²) in [5.74, 6) is -0.373. The van der Waals surface area contributed by atoms with E-state index in [0.29, 0.717) is 29.7 Å². The quantitative estimate of drug-likeness (QED) is 0.799. The van der Waals surface area contributed by atoms with Crippen molar-refractivity contribution in [3.8, 4) is 0 Å². The molecule has 6 nitrogen and oxygen atoms in total. The fourth-order valence-electron chi connectivity index (χ4n) is 2.21. The summed E-state index contributed by atoms with van der Waals surface area (Å²) in [6.45, 7) is 1.19. The van der Waals surface area contributed by atoms with Crippen LogP contribution in [0.15, 0.2) is 29.2 Å². The first-order chi connectivity index (χ1) is 9.91. The number of aromatic nitrogens is 1. The van der Waals surface area contributed by atoms with Crippen molar-refractivity contribution in [1.29, 1.82) is 0 Å². The number of hydrogen-bond acceptors (Lipinski definition) is 4. The van der Waals surface area contributed by atoms with E-state index in [1.807, 2.05) is 19.0 Å². The van der Waals surface area contributed by atoms with Crippen LogP contribution in [0.4, 0.5) is 5.69 Å². The number of amides is 1. The minimum atomic E-state index is -0.373. The number of rotatable bonds is 4. The van der Waals surface area contributed by atoms with Gasteiger partial charge in [0.15, 0.2) is 0 Å². The molecule has 1 amide bonds. The summed E-state index contributed by atoms with van der Waals surface area (Å²) in [6, 6.07) is 5.26. The lowest BCUT2D eigenvalue weighted by Gasteiger charge is -2.12. The zero-order valence-electron chi connectivity index (χ0n) is 12.5. The van der Waals surface area contributed by atoms with Crippen LogP contribution in [0, 0.1) is 0 Å². The molecule has 0 aliphatic rings. The predicted molar refractivity (Wildman–Crippen MR) is 84.5 cm³/mol. The zero-order valence-corrected chi connectivity index (χ0v) is 12.5. The molecule has 0 saturated heterocycles. The number of carbonyl (C=O) groups excluding carboxylic acids is 1. The normalized spacial score (nSPS) is 11.0. The molecular weight excluding hydrogens is 268 g/mol. The molecule has 0 aliphatic carbocycles. The van der Waals surface area contributed by atoms with Crippen LogP contribution in [0.25, 0.3) is 10.9 Å². The smallest absolute Gasteiger partial charge is 0.256 e. The maximum absolute atomic E-state index is 12.5. The average Bonchev–Trinajstić information content (AvgIpc) is 2.42. The Labute approximate surface area is 123 Å². The van der Waals surface area contributed by atoms with E-state index >= 15 is 0 Å². The number of hydrogen-bond donors (Lipinski definition) is 2. The molecule has 0 unspecified atom stereocenters. The summed E-state index contributed by atoms with van der Waals surface area (Å²) in [4.78, 5) is 26.6. The molecule has 112 valence electrons. The Morgan fingerprint density at radius 2 is 2.10 bits per heavy atom. The van der Waals surface area contributed by atoms with Gasteiger partial charge in [-0.25, -0.2) is 0 Å². The van der Waals surface area contributed by atoms with E-state index in [1.54, 1.807) is 36.0 Å². The molecular formula is C15H20N4O2. The van der Waals surface area contributed by atoms with Gasteiger partial charge < -0.3 is 20.5 Å². The lowest BCUT2D eigenvalue weighted by molar-refractivity contribution is 0.0949. The number of aryl methyl sites for hydroxylation is 1. The van der Waals surface area contributed by atoms with Gasteiger partial charge in [0.05, 0.1) is 10.9 Å². The van der Waals surface area contributed by atoms with Gasteiger partial charge in [-0.15, -0.1) is 0 Å². The van der Waals surface area contributed by atoms with Crippen LogP contribution >= 0.6 is 0 Å². The van der Waals surface area contributed by atoms with Gasteiger partial charge in [-0.1, -0.05) is 6.07 Å². The van der Waals surface area contributed by atoms with Crippen molar-refractivity contribution >= 4 is 22.5 Å². The highest BCUT2D eigenvalue weighted by Gasteiger charge is 2.15. The Kier molecular flexibility index (Phi) is 4.28. The van der Waals surface area contributed by atoms with Crippen LogP contribution in [0.2, 0.25) is 0 Å². The van der Waals surface area contributed by atoms with E-state index in [1.165, 1.54) is 0 Å².